The third kappa shape index (κ3) is 8.85. The molecule has 0 bridgehead atoms. The molecule has 0 unspecified atom stereocenters. The second kappa shape index (κ2) is 17.0. The van der Waals surface area contributed by atoms with Crippen molar-refractivity contribution in [2.75, 3.05) is 0 Å². The minimum absolute atomic E-state index is 0. The predicted molar refractivity (Wildman–Crippen MR) is 30.6 cm³/mol. The Kier molecular flexibility index (Phi) is 123. The molecule has 0 saturated heterocycles. The Morgan fingerprint density at radius 3 is 1.00 bits per heavy atom. The molecule has 0 fully saturated rings. The van der Waals surface area contributed by atoms with Crippen LogP contribution in [0.2, 0.25) is 0 Å². The standard InChI is InChI=1S/Al.Ba.Mg.H2O.7H/h;;;1H2;;;;;;;. The van der Waals surface area contributed by atoms with Crippen molar-refractivity contribution in [3.8, 4) is 0 Å². The van der Waals surface area contributed by atoms with Crippen molar-refractivity contribution in [1.82, 2.24) is 0 Å². The molecule has 0 aromatic carbocycles. The summed E-state index contributed by atoms with van der Waals surface area (Å²) in [6.07, 6.45) is 0. The van der Waals surface area contributed by atoms with E-state index in [4.69, 9.17) is 0 Å². The van der Waals surface area contributed by atoms with E-state index in [-0.39, 0.29) is 94.8 Å². The van der Waals surface area contributed by atoms with Crippen molar-refractivity contribution in [1.29, 1.82) is 0 Å². The van der Waals surface area contributed by atoms with Crippen LogP contribution >= 0.6 is 0 Å². The first-order valence-corrected chi connectivity index (χ1v) is 0. The van der Waals surface area contributed by atoms with Crippen LogP contribution in [-0.4, -0.2) is 94.8 Å². The van der Waals surface area contributed by atoms with Gasteiger partial charge in [-0.25, -0.2) is 0 Å². The Morgan fingerprint density at radius 1 is 1.00 bits per heavy atom. The first-order valence-electron chi connectivity index (χ1n) is 0. The molecule has 0 aromatic heterocycles. The summed E-state index contributed by atoms with van der Waals surface area (Å²) in [7, 11) is 0. The zero-order chi connectivity index (χ0) is 0. The summed E-state index contributed by atoms with van der Waals surface area (Å²) < 4.78 is 0. The van der Waals surface area contributed by atoms with Crippen LogP contribution in [0.5, 0.6) is 0 Å². The molecule has 2 N–H and O–H groups in total. The van der Waals surface area contributed by atoms with E-state index in [1.165, 1.54) is 0 Å². The maximum Gasteiger partial charge on any atom is 0.316 e. The number of rotatable bonds is 0. The van der Waals surface area contributed by atoms with E-state index >= 15 is 0 Å². The summed E-state index contributed by atoms with van der Waals surface area (Å²) in [5, 5.41) is 0. The zero-order valence-electron chi connectivity index (χ0n) is 0.500. The van der Waals surface area contributed by atoms with E-state index in [1.54, 1.807) is 0 Å². The van der Waals surface area contributed by atoms with Crippen molar-refractivity contribution >= 4 is 89.3 Å². The summed E-state index contributed by atoms with van der Waals surface area (Å²) in [5.74, 6) is 0. The molecular formula is H9AlBaMgO. The molecule has 22 valence electrons. The van der Waals surface area contributed by atoms with Gasteiger partial charge in [0.1, 0.15) is 0 Å². The second-order valence-corrected chi connectivity index (χ2v) is 0. The molecule has 1 nitrogen and oxygen atoms in total. The quantitative estimate of drug-likeness (QED) is 0.370. The average molecular weight is 214 g/mol. The summed E-state index contributed by atoms with van der Waals surface area (Å²) in [5.41, 5.74) is 0. The van der Waals surface area contributed by atoms with Crippen molar-refractivity contribution in [2.24, 2.45) is 0 Å². The second-order valence-electron chi connectivity index (χ2n) is 0. The van der Waals surface area contributed by atoms with Gasteiger partial charge in [0.25, 0.3) is 0 Å². The number of hydrogen-bond donors (Lipinski definition) is 0. The molecule has 0 aliphatic heterocycles. The average Bonchev–Trinajstić information content (AvgIpc) is 0. The number of hydrogen-bond acceptors (Lipinski definition) is 0. The molecule has 0 aliphatic carbocycles. The molecule has 0 spiro atoms. The van der Waals surface area contributed by atoms with E-state index in [1.807, 2.05) is 0 Å². The minimum Gasteiger partial charge on any atom is 0.316 e. The Labute approximate surface area is 92.6 Å². The van der Waals surface area contributed by atoms with Crippen molar-refractivity contribution in [2.45, 2.75) is 0 Å². The Balaban J connectivity index is 0. The predicted octanol–water partition coefficient (Wildman–Crippen LogP) is -3.84. The Bertz CT molecular complexity index is 8.00. The van der Waals surface area contributed by atoms with E-state index in [0.29, 0.717) is 0 Å². The normalized spacial score (nSPS) is 0. The SMILES string of the molecule is O.[AlH3].[BaH2].[MgH2]. The van der Waals surface area contributed by atoms with E-state index in [0.717, 1.165) is 0 Å². The van der Waals surface area contributed by atoms with Gasteiger partial charge >= 0.3 is 71.9 Å². The van der Waals surface area contributed by atoms with E-state index in [9.17, 15) is 0 Å². The van der Waals surface area contributed by atoms with Gasteiger partial charge in [-0.3, -0.25) is 0 Å². The van der Waals surface area contributed by atoms with Gasteiger partial charge < -0.3 is 5.48 Å². The van der Waals surface area contributed by atoms with Gasteiger partial charge in [0.15, 0.2) is 17.4 Å². The molecule has 4 heteroatoms. The molecule has 0 saturated carbocycles. The van der Waals surface area contributed by atoms with Gasteiger partial charge in [0, 0.05) is 0 Å². The van der Waals surface area contributed by atoms with Gasteiger partial charge in [-0.2, -0.15) is 0 Å². The van der Waals surface area contributed by atoms with E-state index in [2.05, 4.69) is 0 Å². The van der Waals surface area contributed by atoms with Crippen LogP contribution in [0.1, 0.15) is 0 Å². The van der Waals surface area contributed by atoms with Crippen molar-refractivity contribution < 1.29 is 5.48 Å². The molecule has 0 amide bonds. The van der Waals surface area contributed by atoms with Gasteiger partial charge in [0.2, 0.25) is 0 Å². The van der Waals surface area contributed by atoms with Crippen LogP contribution in [0.15, 0.2) is 0 Å². The Morgan fingerprint density at radius 2 is 1.00 bits per heavy atom. The molecule has 0 aliphatic rings. The smallest absolute Gasteiger partial charge is 0.316 e. The fourth-order valence-electron chi connectivity index (χ4n) is 0. The molecule has 0 atom stereocenters. The van der Waals surface area contributed by atoms with Crippen LogP contribution < -0.4 is 0 Å². The summed E-state index contributed by atoms with van der Waals surface area (Å²) >= 11 is 0. The third-order valence-electron chi connectivity index (χ3n) is 0. The minimum atomic E-state index is 0. The molecule has 0 heterocycles. The van der Waals surface area contributed by atoms with Gasteiger partial charge in [0.05, 0.1) is 0 Å². The molecule has 0 radical (unpaired) electrons. The zero-order valence-corrected chi connectivity index (χ0v) is 0.500. The summed E-state index contributed by atoms with van der Waals surface area (Å²) in [6, 6.07) is 0. The van der Waals surface area contributed by atoms with Crippen LogP contribution in [-0.2, 0) is 0 Å². The van der Waals surface area contributed by atoms with Crippen LogP contribution in [0.25, 0.3) is 0 Å². The van der Waals surface area contributed by atoms with Crippen molar-refractivity contribution in [3.05, 3.63) is 0 Å². The van der Waals surface area contributed by atoms with Gasteiger partial charge in [-0.1, -0.05) is 0 Å². The monoisotopic (exact) mass is 214 g/mol. The van der Waals surface area contributed by atoms with Crippen molar-refractivity contribution in [3.63, 3.8) is 0 Å². The topological polar surface area (TPSA) is 31.5 Å². The third-order valence-corrected chi connectivity index (χ3v) is 0. The molecule has 0 aromatic rings. The van der Waals surface area contributed by atoms with Gasteiger partial charge in [-0.05, 0) is 0 Å². The molecule has 4 heavy (non-hydrogen) atoms. The largest absolute Gasteiger partial charge is 0.316 e. The van der Waals surface area contributed by atoms with Gasteiger partial charge in [-0.15, -0.1) is 0 Å². The van der Waals surface area contributed by atoms with Crippen LogP contribution in [0, 0.1) is 0 Å². The first kappa shape index (κ1) is 29.0. The maximum absolute atomic E-state index is 0. The first-order chi connectivity index (χ1) is 0. The maximum atomic E-state index is 0. The summed E-state index contributed by atoms with van der Waals surface area (Å²) in [4.78, 5) is 0. The molecular weight excluding hydrogens is 205 g/mol. The van der Waals surface area contributed by atoms with Crippen LogP contribution in [0.4, 0.5) is 0 Å². The summed E-state index contributed by atoms with van der Waals surface area (Å²) in [6.45, 7) is 0. The Hall–Kier alpha value is 2.83. The molecule has 0 rings (SSSR count). The van der Waals surface area contributed by atoms with E-state index < -0.39 is 0 Å². The fraction of sp³-hybridized carbons (Fsp3) is 0. The fourth-order valence-corrected chi connectivity index (χ4v) is 0. The van der Waals surface area contributed by atoms with Crippen LogP contribution in [0.3, 0.4) is 0 Å².